The molecule has 4 heteroatoms. The molecule has 0 aliphatic carbocycles. The van der Waals surface area contributed by atoms with E-state index in [4.69, 9.17) is 4.74 Å². The second kappa shape index (κ2) is 9.99. The van der Waals surface area contributed by atoms with Crippen molar-refractivity contribution in [1.82, 2.24) is 0 Å². The van der Waals surface area contributed by atoms with E-state index in [1.54, 1.807) is 0 Å². The van der Waals surface area contributed by atoms with E-state index < -0.39 is 5.60 Å². The molecule has 6 rings (SSSR count). The predicted octanol–water partition coefficient (Wildman–Crippen LogP) is 2.14. The molecule has 3 fully saturated rings. The molecule has 3 heterocycles. The smallest absolute Gasteiger partial charge is 0.121 e. The Morgan fingerprint density at radius 2 is 1.18 bits per heavy atom. The number of hydrogen-bond acceptors (Lipinski definition) is 2. The molecule has 174 valence electrons. The van der Waals surface area contributed by atoms with Crippen molar-refractivity contribution in [2.24, 2.45) is 5.41 Å². The van der Waals surface area contributed by atoms with Crippen LogP contribution in [-0.4, -0.2) is 42.4 Å². The van der Waals surface area contributed by atoms with Crippen molar-refractivity contribution >= 4 is 0 Å². The highest BCUT2D eigenvalue weighted by Crippen LogP contribution is 2.57. The number of hydrogen-bond donors (Lipinski definition) is 1. The molecule has 0 spiro atoms. The molecule has 0 aromatic heterocycles. The summed E-state index contributed by atoms with van der Waals surface area (Å²) in [5.74, 6) is 0. The molecule has 3 nitrogen and oxygen atoms in total. The van der Waals surface area contributed by atoms with Gasteiger partial charge < -0.3 is 26.7 Å². The fourth-order valence-electron chi connectivity index (χ4n) is 6.10. The lowest BCUT2D eigenvalue weighted by Crippen LogP contribution is -3.00. The zero-order valence-corrected chi connectivity index (χ0v) is 20.0. The first kappa shape index (κ1) is 24.0. The maximum atomic E-state index is 12.4. The summed E-state index contributed by atoms with van der Waals surface area (Å²) in [6.45, 7) is 5.91. The maximum Gasteiger partial charge on any atom is 0.121 e. The molecule has 33 heavy (non-hydrogen) atoms. The number of piperidine rings is 3. The van der Waals surface area contributed by atoms with Crippen LogP contribution in [0.5, 0.6) is 0 Å². The topological polar surface area (TPSA) is 29.5 Å². The summed E-state index contributed by atoms with van der Waals surface area (Å²) in [7, 11) is 0. The minimum Gasteiger partial charge on any atom is -1.00 e. The van der Waals surface area contributed by atoms with E-state index in [0.29, 0.717) is 6.61 Å². The average Bonchev–Trinajstić information content (AvgIpc) is 2.89. The van der Waals surface area contributed by atoms with Gasteiger partial charge in [-0.1, -0.05) is 91.0 Å². The zero-order valence-electron chi connectivity index (χ0n) is 19.2. The van der Waals surface area contributed by atoms with Crippen molar-refractivity contribution in [1.29, 1.82) is 0 Å². The van der Waals surface area contributed by atoms with Crippen LogP contribution in [0.2, 0.25) is 0 Å². The molecule has 0 atom stereocenters. The van der Waals surface area contributed by atoms with E-state index in [1.807, 2.05) is 18.2 Å². The van der Waals surface area contributed by atoms with Crippen molar-refractivity contribution in [3.05, 3.63) is 108 Å². The van der Waals surface area contributed by atoms with Gasteiger partial charge in [0.05, 0.1) is 32.8 Å². The number of aliphatic hydroxyl groups is 1. The lowest BCUT2D eigenvalue weighted by Gasteiger charge is -2.60. The van der Waals surface area contributed by atoms with Gasteiger partial charge in [0, 0.05) is 24.7 Å². The highest BCUT2D eigenvalue weighted by atomic mass is 35.5. The number of fused-ring (bicyclic) bond motifs is 3. The number of halogens is 1. The quantitative estimate of drug-likeness (QED) is 0.409. The molecule has 3 aromatic rings. The van der Waals surface area contributed by atoms with Crippen LogP contribution in [-0.2, 0) is 16.9 Å². The number of quaternary nitrogens is 1. The van der Waals surface area contributed by atoms with E-state index in [9.17, 15) is 5.11 Å². The Hall–Kier alpha value is -2.17. The van der Waals surface area contributed by atoms with Gasteiger partial charge >= 0.3 is 0 Å². The third-order valence-corrected chi connectivity index (χ3v) is 8.17. The summed E-state index contributed by atoms with van der Waals surface area (Å²) in [6, 6.07) is 31.1. The van der Waals surface area contributed by atoms with Crippen LogP contribution in [0.15, 0.2) is 91.0 Å². The lowest BCUT2D eigenvalue weighted by atomic mass is 9.56. The Kier molecular flexibility index (Phi) is 7.25. The van der Waals surface area contributed by atoms with Crippen LogP contribution in [0, 0.1) is 5.41 Å². The minimum atomic E-state index is -0.949. The molecule has 3 saturated heterocycles. The van der Waals surface area contributed by atoms with E-state index in [1.165, 1.54) is 5.56 Å². The number of rotatable bonds is 8. The van der Waals surface area contributed by atoms with Crippen LogP contribution in [0.3, 0.4) is 0 Å². The van der Waals surface area contributed by atoms with Gasteiger partial charge in [0.1, 0.15) is 12.1 Å². The van der Waals surface area contributed by atoms with Gasteiger partial charge in [-0.2, -0.15) is 0 Å². The summed E-state index contributed by atoms with van der Waals surface area (Å²) in [5, 5.41) is 12.4. The molecule has 0 radical (unpaired) electrons. The second-order valence-corrected chi connectivity index (χ2v) is 9.75. The molecule has 0 amide bonds. The van der Waals surface area contributed by atoms with Crippen LogP contribution in [0.4, 0.5) is 0 Å². The van der Waals surface area contributed by atoms with E-state index in [-0.39, 0.29) is 17.8 Å². The van der Waals surface area contributed by atoms with Gasteiger partial charge in [0.2, 0.25) is 0 Å². The predicted molar refractivity (Wildman–Crippen MR) is 128 cm³/mol. The van der Waals surface area contributed by atoms with Crippen molar-refractivity contribution in [3.8, 4) is 0 Å². The van der Waals surface area contributed by atoms with E-state index in [2.05, 4.69) is 72.8 Å². The van der Waals surface area contributed by atoms with Gasteiger partial charge in [-0.25, -0.2) is 0 Å². The van der Waals surface area contributed by atoms with Gasteiger partial charge in [0.15, 0.2) is 0 Å². The van der Waals surface area contributed by atoms with E-state index >= 15 is 0 Å². The average molecular weight is 464 g/mol. The van der Waals surface area contributed by atoms with Crippen molar-refractivity contribution < 1.29 is 26.7 Å². The molecular weight excluding hydrogens is 430 g/mol. The van der Waals surface area contributed by atoms with Gasteiger partial charge in [0.25, 0.3) is 0 Å². The summed E-state index contributed by atoms with van der Waals surface area (Å²) in [4.78, 5) is 0. The van der Waals surface area contributed by atoms with Crippen molar-refractivity contribution in [3.63, 3.8) is 0 Å². The normalized spacial score (nSPS) is 24.3. The zero-order chi connectivity index (χ0) is 21.9. The molecule has 1 N–H and O–H groups in total. The Morgan fingerprint density at radius 1 is 0.727 bits per heavy atom. The molecule has 3 aliphatic rings. The third-order valence-electron chi connectivity index (χ3n) is 8.17. The Labute approximate surface area is 204 Å². The fraction of sp³-hybridized carbons (Fsp3) is 0.379. The number of benzene rings is 3. The van der Waals surface area contributed by atoms with Crippen LogP contribution in [0.1, 0.15) is 36.0 Å². The largest absolute Gasteiger partial charge is 1.00 e. The van der Waals surface area contributed by atoms with Crippen LogP contribution in [0.25, 0.3) is 0 Å². The maximum absolute atomic E-state index is 12.4. The SMILES string of the molecule is OC(c1ccccc1)(c1ccccc1)C12CC[N+](CCOCc3ccccc3)(CC1)CC2.[Cl-]. The first-order valence-electron chi connectivity index (χ1n) is 12.0. The second-order valence-electron chi connectivity index (χ2n) is 9.75. The van der Waals surface area contributed by atoms with Crippen molar-refractivity contribution in [2.75, 3.05) is 32.8 Å². The monoisotopic (exact) mass is 463 g/mol. The lowest BCUT2D eigenvalue weighted by molar-refractivity contribution is -0.946. The van der Waals surface area contributed by atoms with Gasteiger partial charge in [-0.05, 0) is 16.7 Å². The number of ether oxygens (including phenoxy) is 1. The third kappa shape index (κ3) is 4.48. The highest BCUT2D eigenvalue weighted by molar-refractivity contribution is 5.39. The van der Waals surface area contributed by atoms with Gasteiger partial charge in [-0.15, -0.1) is 0 Å². The highest BCUT2D eigenvalue weighted by Gasteiger charge is 2.60. The molecule has 2 bridgehead atoms. The summed E-state index contributed by atoms with van der Waals surface area (Å²) in [6.07, 6.45) is 3.14. The molecule has 3 aliphatic heterocycles. The molecule has 3 aromatic carbocycles. The molecular formula is C29H34ClNO2. The standard InChI is InChI=1S/C29H34NO2.ClH/c31-29(26-12-6-2-7-13-26,27-14-8-3-9-15-27)28-16-19-30(20-17-28,21-18-28)22-23-32-24-25-10-4-1-5-11-25;/h1-15,31H,16-24H2;1H/q+1;/p-1. The summed E-state index contributed by atoms with van der Waals surface area (Å²) in [5.41, 5.74) is 2.23. The van der Waals surface area contributed by atoms with Crippen molar-refractivity contribution in [2.45, 2.75) is 31.5 Å². The van der Waals surface area contributed by atoms with E-state index in [0.717, 1.165) is 67.7 Å². The van der Waals surface area contributed by atoms with Crippen LogP contribution < -0.4 is 12.4 Å². The molecule has 0 saturated carbocycles. The van der Waals surface area contributed by atoms with Crippen LogP contribution >= 0.6 is 0 Å². The minimum absolute atomic E-state index is 0. The first-order chi connectivity index (χ1) is 15.7. The summed E-state index contributed by atoms with van der Waals surface area (Å²) >= 11 is 0. The Bertz CT molecular complexity index is 946. The van der Waals surface area contributed by atoms with Gasteiger partial charge in [-0.3, -0.25) is 0 Å². The first-order valence-corrected chi connectivity index (χ1v) is 12.0. The fourth-order valence-corrected chi connectivity index (χ4v) is 6.10. The summed E-state index contributed by atoms with van der Waals surface area (Å²) < 4.78 is 7.17. The molecule has 0 unspecified atom stereocenters. The number of nitrogens with zero attached hydrogens (tertiary/aromatic N) is 1. The Balaban J connectivity index is 0.00000259. The Morgan fingerprint density at radius 3 is 1.67 bits per heavy atom.